The Morgan fingerprint density at radius 3 is 2.59 bits per heavy atom. The van der Waals surface area contributed by atoms with E-state index in [-0.39, 0.29) is 6.04 Å². The first-order chi connectivity index (χ1) is 8.29. The molecule has 0 saturated heterocycles. The van der Waals surface area contributed by atoms with Crippen molar-refractivity contribution in [2.75, 3.05) is 7.05 Å². The maximum atomic E-state index is 4.29. The molecule has 1 heterocycles. The van der Waals surface area contributed by atoms with E-state index in [9.17, 15) is 0 Å². The molecule has 0 amide bonds. The van der Waals surface area contributed by atoms with Crippen molar-refractivity contribution in [1.29, 1.82) is 0 Å². The number of rotatable bonds is 4. The highest BCUT2D eigenvalue weighted by atomic mass is 127. The summed E-state index contributed by atoms with van der Waals surface area (Å²) in [5, 5.41) is 3.29. The van der Waals surface area contributed by atoms with Crippen LogP contribution >= 0.6 is 22.6 Å². The zero-order chi connectivity index (χ0) is 12.1. The van der Waals surface area contributed by atoms with Crippen molar-refractivity contribution in [2.24, 2.45) is 0 Å². The fourth-order valence-electron chi connectivity index (χ4n) is 1.72. The molecule has 1 aromatic carbocycles. The van der Waals surface area contributed by atoms with Crippen LogP contribution in [0.5, 0.6) is 0 Å². The van der Waals surface area contributed by atoms with Gasteiger partial charge in [-0.1, -0.05) is 12.1 Å². The van der Waals surface area contributed by atoms with Gasteiger partial charge in [0.05, 0.1) is 11.7 Å². The van der Waals surface area contributed by atoms with Crippen molar-refractivity contribution in [3.05, 3.63) is 57.7 Å². The number of nitrogens with zero attached hydrogens (tertiary/aromatic N) is 2. The van der Waals surface area contributed by atoms with Crippen LogP contribution in [0.1, 0.15) is 17.3 Å². The van der Waals surface area contributed by atoms with Crippen LogP contribution in [0.3, 0.4) is 0 Å². The van der Waals surface area contributed by atoms with Crippen LogP contribution in [-0.2, 0) is 6.42 Å². The summed E-state index contributed by atoms with van der Waals surface area (Å²) in [5.74, 6) is 0. The first-order valence-corrected chi connectivity index (χ1v) is 6.55. The quantitative estimate of drug-likeness (QED) is 0.870. The normalized spacial score (nSPS) is 12.4. The first kappa shape index (κ1) is 12.4. The summed E-state index contributed by atoms with van der Waals surface area (Å²) in [7, 11) is 1.96. The highest BCUT2D eigenvalue weighted by Crippen LogP contribution is 2.16. The van der Waals surface area contributed by atoms with Gasteiger partial charge < -0.3 is 5.32 Å². The fourth-order valence-corrected chi connectivity index (χ4v) is 2.08. The van der Waals surface area contributed by atoms with Gasteiger partial charge in [0.1, 0.15) is 6.33 Å². The summed E-state index contributed by atoms with van der Waals surface area (Å²) in [5.41, 5.74) is 2.34. The number of aromatic nitrogens is 2. The van der Waals surface area contributed by atoms with Gasteiger partial charge in [-0.15, -0.1) is 0 Å². The second kappa shape index (κ2) is 6.07. The van der Waals surface area contributed by atoms with E-state index in [0.717, 1.165) is 12.1 Å². The lowest BCUT2D eigenvalue weighted by atomic mass is 10.0. The summed E-state index contributed by atoms with van der Waals surface area (Å²) >= 11 is 2.31. The zero-order valence-electron chi connectivity index (χ0n) is 9.60. The molecule has 0 saturated carbocycles. The van der Waals surface area contributed by atoms with E-state index >= 15 is 0 Å². The van der Waals surface area contributed by atoms with Crippen molar-refractivity contribution in [1.82, 2.24) is 15.3 Å². The number of benzene rings is 1. The molecule has 1 aromatic heterocycles. The molecule has 0 aliphatic carbocycles. The summed E-state index contributed by atoms with van der Waals surface area (Å²) in [4.78, 5) is 8.23. The van der Waals surface area contributed by atoms with Crippen LogP contribution in [0.15, 0.2) is 42.9 Å². The monoisotopic (exact) mass is 339 g/mol. The number of halogens is 1. The van der Waals surface area contributed by atoms with E-state index in [0.29, 0.717) is 0 Å². The smallest absolute Gasteiger partial charge is 0.115 e. The van der Waals surface area contributed by atoms with Gasteiger partial charge >= 0.3 is 0 Å². The molecule has 0 fully saturated rings. The molecule has 0 aliphatic heterocycles. The fraction of sp³-hybridized carbons (Fsp3) is 0.231. The lowest BCUT2D eigenvalue weighted by molar-refractivity contribution is 0.574. The van der Waals surface area contributed by atoms with E-state index in [1.165, 1.54) is 9.13 Å². The number of nitrogens with one attached hydrogen (secondary N) is 1. The summed E-state index contributed by atoms with van der Waals surface area (Å²) < 4.78 is 1.26. The van der Waals surface area contributed by atoms with E-state index in [1.807, 2.05) is 13.1 Å². The standard InChI is InChI=1S/C13H14IN3/c1-15-13(12-6-7-16-9-17-12)8-10-2-4-11(14)5-3-10/h2-7,9,13,15H,8H2,1H3. The first-order valence-electron chi connectivity index (χ1n) is 5.47. The van der Waals surface area contributed by atoms with Crippen LogP contribution in [0, 0.1) is 3.57 Å². The van der Waals surface area contributed by atoms with Gasteiger partial charge in [0.15, 0.2) is 0 Å². The average molecular weight is 339 g/mol. The Balaban J connectivity index is 2.13. The van der Waals surface area contributed by atoms with Gasteiger partial charge in [-0.25, -0.2) is 9.97 Å². The number of hydrogen-bond acceptors (Lipinski definition) is 3. The Morgan fingerprint density at radius 2 is 2.00 bits per heavy atom. The minimum Gasteiger partial charge on any atom is -0.311 e. The van der Waals surface area contributed by atoms with Gasteiger partial charge in [-0.3, -0.25) is 0 Å². The van der Waals surface area contributed by atoms with Crippen molar-refractivity contribution < 1.29 is 0 Å². The molecule has 2 rings (SSSR count). The Bertz CT molecular complexity index is 456. The van der Waals surface area contributed by atoms with Gasteiger partial charge in [0, 0.05) is 9.77 Å². The Labute approximate surface area is 115 Å². The largest absolute Gasteiger partial charge is 0.311 e. The van der Waals surface area contributed by atoms with Crippen LogP contribution in [0.2, 0.25) is 0 Å². The molecule has 1 unspecified atom stereocenters. The summed E-state index contributed by atoms with van der Waals surface area (Å²) in [6.07, 6.45) is 4.30. The summed E-state index contributed by atoms with van der Waals surface area (Å²) in [6.45, 7) is 0. The van der Waals surface area contributed by atoms with Crippen LogP contribution in [-0.4, -0.2) is 17.0 Å². The third kappa shape index (κ3) is 3.47. The molecule has 2 aromatic rings. The topological polar surface area (TPSA) is 37.8 Å². The molecule has 1 N–H and O–H groups in total. The van der Waals surface area contributed by atoms with Crippen LogP contribution in [0.4, 0.5) is 0 Å². The van der Waals surface area contributed by atoms with Crippen molar-refractivity contribution in [3.63, 3.8) is 0 Å². The predicted molar refractivity (Wildman–Crippen MR) is 76.7 cm³/mol. The lowest BCUT2D eigenvalue weighted by Crippen LogP contribution is -2.20. The van der Waals surface area contributed by atoms with Gasteiger partial charge in [0.25, 0.3) is 0 Å². The van der Waals surface area contributed by atoms with Crippen molar-refractivity contribution in [3.8, 4) is 0 Å². The predicted octanol–water partition coefficient (Wildman–Crippen LogP) is 2.58. The van der Waals surface area contributed by atoms with E-state index in [2.05, 4.69) is 62.1 Å². The van der Waals surface area contributed by atoms with E-state index < -0.39 is 0 Å². The molecule has 4 heteroatoms. The minimum absolute atomic E-state index is 0.234. The highest BCUT2D eigenvalue weighted by Gasteiger charge is 2.10. The van der Waals surface area contributed by atoms with Crippen LogP contribution < -0.4 is 5.32 Å². The van der Waals surface area contributed by atoms with E-state index in [4.69, 9.17) is 0 Å². The number of hydrogen-bond donors (Lipinski definition) is 1. The summed E-state index contributed by atoms with van der Waals surface area (Å²) in [6, 6.07) is 10.8. The molecule has 0 aliphatic rings. The molecule has 0 bridgehead atoms. The Hall–Kier alpha value is -1.01. The molecule has 0 radical (unpaired) electrons. The maximum Gasteiger partial charge on any atom is 0.115 e. The van der Waals surface area contributed by atoms with Crippen molar-refractivity contribution >= 4 is 22.6 Å². The average Bonchev–Trinajstić information content (AvgIpc) is 2.39. The molecular weight excluding hydrogens is 325 g/mol. The second-order valence-corrected chi connectivity index (χ2v) is 5.05. The third-order valence-electron chi connectivity index (χ3n) is 2.66. The highest BCUT2D eigenvalue weighted by molar-refractivity contribution is 14.1. The molecule has 3 nitrogen and oxygen atoms in total. The van der Waals surface area contributed by atoms with Gasteiger partial charge in [-0.2, -0.15) is 0 Å². The zero-order valence-corrected chi connectivity index (χ0v) is 11.8. The van der Waals surface area contributed by atoms with Crippen molar-refractivity contribution in [2.45, 2.75) is 12.5 Å². The molecule has 17 heavy (non-hydrogen) atoms. The number of likely N-dealkylation sites (N-methyl/N-ethyl adjacent to an activating group) is 1. The molecular formula is C13H14IN3. The molecule has 1 atom stereocenters. The van der Waals surface area contributed by atoms with E-state index in [1.54, 1.807) is 12.5 Å². The molecule has 0 spiro atoms. The third-order valence-corrected chi connectivity index (χ3v) is 3.38. The van der Waals surface area contributed by atoms with Crippen LogP contribution in [0.25, 0.3) is 0 Å². The Morgan fingerprint density at radius 1 is 1.24 bits per heavy atom. The second-order valence-electron chi connectivity index (χ2n) is 3.81. The minimum atomic E-state index is 0.234. The Kier molecular flexibility index (Phi) is 4.44. The molecule has 88 valence electrons. The SMILES string of the molecule is CNC(Cc1ccc(I)cc1)c1ccncn1. The lowest BCUT2D eigenvalue weighted by Gasteiger charge is -2.15. The maximum absolute atomic E-state index is 4.29. The van der Waals surface area contributed by atoms with Gasteiger partial charge in [0.2, 0.25) is 0 Å². The van der Waals surface area contributed by atoms with Gasteiger partial charge in [-0.05, 0) is 59.8 Å².